The van der Waals surface area contributed by atoms with Crippen LogP contribution in [0.4, 0.5) is 5.69 Å². The molecule has 0 bridgehead atoms. The van der Waals surface area contributed by atoms with E-state index in [0.717, 1.165) is 19.4 Å². The molecule has 1 rings (SSSR count). The molecule has 1 aromatic rings. The van der Waals surface area contributed by atoms with Crippen molar-refractivity contribution in [3.63, 3.8) is 0 Å². The lowest BCUT2D eigenvalue weighted by Gasteiger charge is -2.33. The van der Waals surface area contributed by atoms with Gasteiger partial charge in [-0.3, -0.25) is 0 Å². The van der Waals surface area contributed by atoms with Crippen molar-refractivity contribution in [1.29, 1.82) is 0 Å². The quantitative estimate of drug-likeness (QED) is 0.798. The van der Waals surface area contributed by atoms with Gasteiger partial charge in [-0.1, -0.05) is 32.0 Å². The van der Waals surface area contributed by atoms with Gasteiger partial charge in [-0.25, -0.2) is 0 Å². The molecule has 0 atom stereocenters. The molecular formula is C14H23NO. The van der Waals surface area contributed by atoms with Crippen molar-refractivity contribution in [2.45, 2.75) is 39.2 Å². The maximum atomic E-state index is 10.3. The third-order valence-electron chi connectivity index (χ3n) is 3.30. The highest BCUT2D eigenvalue weighted by Gasteiger charge is 2.25. The Bertz CT molecular complexity index is 293. The predicted molar refractivity (Wildman–Crippen MR) is 69.9 cm³/mol. The molecule has 0 saturated carbocycles. The van der Waals surface area contributed by atoms with Gasteiger partial charge in [0.2, 0.25) is 0 Å². The van der Waals surface area contributed by atoms with Crippen molar-refractivity contribution in [1.82, 2.24) is 0 Å². The fourth-order valence-electron chi connectivity index (χ4n) is 1.85. The van der Waals surface area contributed by atoms with Crippen LogP contribution in [0, 0.1) is 0 Å². The van der Waals surface area contributed by atoms with Gasteiger partial charge < -0.3 is 10.0 Å². The number of nitrogens with zero attached hydrogens (tertiary/aromatic N) is 1. The van der Waals surface area contributed by atoms with Crippen LogP contribution in [0.3, 0.4) is 0 Å². The monoisotopic (exact) mass is 221 g/mol. The van der Waals surface area contributed by atoms with Crippen molar-refractivity contribution < 1.29 is 5.11 Å². The molecule has 0 aromatic heterocycles. The van der Waals surface area contributed by atoms with Crippen LogP contribution in [-0.2, 0) is 0 Å². The average Bonchev–Trinajstić information content (AvgIpc) is 2.36. The van der Waals surface area contributed by atoms with Gasteiger partial charge >= 0.3 is 0 Å². The molecule has 0 amide bonds. The second kappa shape index (κ2) is 5.90. The Hall–Kier alpha value is -1.02. The van der Waals surface area contributed by atoms with Gasteiger partial charge in [-0.05, 0) is 31.9 Å². The minimum Gasteiger partial charge on any atom is -0.388 e. The molecular weight excluding hydrogens is 198 g/mol. The van der Waals surface area contributed by atoms with Crippen LogP contribution in [-0.4, -0.2) is 23.8 Å². The molecule has 0 aliphatic rings. The number of aliphatic hydroxyl groups is 1. The van der Waals surface area contributed by atoms with E-state index < -0.39 is 5.60 Å². The number of para-hydroxylation sites is 1. The van der Waals surface area contributed by atoms with E-state index in [1.165, 1.54) is 5.69 Å². The maximum absolute atomic E-state index is 10.3. The van der Waals surface area contributed by atoms with Gasteiger partial charge in [0.15, 0.2) is 0 Å². The van der Waals surface area contributed by atoms with E-state index in [0.29, 0.717) is 6.54 Å². The van der Waals surface area contributed by atoms with Gasteiger partial charge in [-0.2, -0.15) is 0 Å². The molecule has 0 heterocycles. The summed E-state index contributed by atoms with van der Waals surface area (Å²) in [5.41, 5.74) is 0.622. The van der Waals surface area contributed by atoms with Crippen LogP contribution >= 0.6 is 0 Å². The number of anilines is 1. The Kier molecular flexibility index (Phi) is 4.81. The lowest BCUT2D eigenvalue weighted by Crippen LogP contribution is -2.42. The summed E-state index contributed by atoms with van der Waals surface area (Å²) in [6.07, 6.45) is 1.60. The topological polar surface area (TPSA) is 23.5 Å². The van der Waals surface area contributed by atoms with E-state index in [2.05, 4.69) is 24.0 Å². The fourth-order valence-corrected chi connectivity index (χ4v) is 1.85. The third kappa shape index (κ3) is 3.24. The SMILES string of the molecule is CCN(CC(O)(CC)CC)c1ccccc1. The molecule has 90 valence electrons. The first-order chi connectivity index (χ1) is 7.65. The zero-order chi connectivity index (χ0) is 12.0. The van der Waals surface area contributed by atoms with Gasteiger partial charge in [0.25, 0.3) is 0 Å². The molecule has 0 aliphatic heterocycles. The Labute approximate surface area is 98.9 Å². The van der Waals surface area contributed by atoms with Crippen LogP contribution < -0.4 is 4.90 Å². The van der Waals surface area contributed by atoms with E-state index >= 15 is 0 Å². The van der Waals surface area contributed by atoms with Crippen molar-refractivity contribution in [2.24, 2.45) is 0 Å². The van der Waals surface area contributed by atoms with Crippen LogP contribution in [0.1, 0.15) is 33.6 Å². The van der Waals surface area contributed by atoms with Crippen molar-refractivity contribution >= 4 is 5.69 Å². The molecule has 2 nitrogen and oxygen atoms in total. The largest absolute Gasteiger partial charge is 0.388 e. The Morgan fingerprint density at radius 1 is 1.06 bits per heavy atom. The second-order valence-corrected chi connectivity index (χ2v) is 4.28. The molecule has 1 aromatic carbocycles. The van der Waals surface area contributed by atoms with E-state index in [1.54, 1.807) is 0 Å². The summed E-state index contributed by atoms with van der Waals surface area (Å²) in [4.78, 5) is 2.23. The van der Waals surface area contributed by atoms with Crippen LogP contribution in [0.2, 0.25) is 0 Å². The Balaban J connectivity index is 2.77. The maximum Gasteiger partial charge on any atom is 0.0816 e. The second-order valence-electron chi connectivity index (χ2n) is 4.28. The van der Waals surface area contributed by atoms with Crippen molar-refractivity contribution in [3.8, 4) is 0 Å². The summed E-state index contributed by atoms with van der Waals surface area (Å²) >= 11 is 0. The summed E-state index contributed by atoms with van der Waals surface area (Å²) in [5, 5.41) is 10.3. The van der Waals surface area contributed by atoms with Crippen molar-refractivity contribution in [3.05, 3.63) is 30.3 Å². The minimum atomic E-state index is -0.564. The normalized spacial score (nSPS) is 11.5. The van der Waals surface area contributed by atoms with Crippen LogP contribution in [0.15, 0.2) is 30.3 Å². The molecule has 0 fully saturated rings. The van der Waals surface area contributed by atoms with E-state index in [4.69, 9.17) is 0 Å². The first-order valence-corrected chi connectivity index (χ1v) is 6.17. The molecule has 0 saturated heterocycles. The number of rotatable bonds is 6. The van der Waals surface area contributed by atoms with Crippen LogP contribution in [0.5, 0.6) is 0 Å². The lowest BCUT2D eigenvalue weighted by atomic mass is 9.96. The molecule has 16 heavy (non-hydrogen) atoms. The average molecular weight is 221 g/mol. The highest BCUT2D eigenvalue weighted by Crippen LogP contribution is 2.21. The molecule has 0 radical (unpaired) electrons. The van der Waals surface area contributed by atoms with Gasteiger partial charge in [-0.15, -0.1) is 0 Å². The van der Waals surface area contributed by atoms with Crippen molar-refractivity contribution in [2.75, 3.05) is 18.0 Å². The molecule has 2 heteroatoms. The predicted octanol–water partition coefficient (Wildman–Crippen LogP) is 3.06. The zero-order valence-electron chi connectivity index (χ0n) is 10.6. The highest BCUT2D eigenvalue weighted by atomic mass is 16.3. The fraction of sp³-hybridized carbons (Fsp3) is 0.571. The Morgan fingerprint density at radius 2 is 1.62 bits per heavy atom. The molecule has 0 spiro atoms. The third-order valence-corrected chi connectivity index (χ3v) is 3.30. The number of benzene rings is 1. The van der Waals surface area contributed by atoms with Gasteiger partial charge in [0.1, 0.15) is 0 Å². The van der Waals surface area contributed by atoms with E-state index in [9.17, 15) is 5.11 Å². The lowest BCUT2D eigenvalue weighted by molar-refractivity contribution is 0.0395. The summed E-state index contributed by atoms with van der Waals surface area (Å²) in [6.45, 7) is 7.84. The summed E-state index contributed by atoms with van der Waals surface area (Å²) < 4.78 is 0. The molecule has 1 N–H and O–H groups in total. The van der Waals surface area contributed by atoms with Gasteiger partial charge in [0, 0.05) is 18.8 Å². The van der Waals surface area contributed by atoms with Crippen LogP contribution in [0.25, 0.3) is 0 Å². The minimum absolute atomic E-state index is 0.564. The highest BCUT2D eigenvalue weighted by molar-refractivity contribution is 5.46. The summed E-state index contributed by atoms with van der Waals surface area (Å²) in [5.74, 6) is 0. The Morgan fingerprint density at radius 3 is 2.06 bits per heavy atom. The molecule has 0 aliphatic carbocycles. The van der Waals surface area contributed by atoms with E-state index in [1.807, 2.05) is 32.0 Å². The zero-order valence-corrected chi connectivity index (χ0v) is 10.6. The molecule has 0 unspecified atom stereocenters. The van der Waals surface area contributed by atoms with E-state index in [-0.39, 0.29) is 0 Å². The smallest absolute Gasteiger partial charge is 0.0816 e. The first-order valence-electron chi connectivity index (χ1n) is 6.17. The summed E-state index contributed by atoms with van der Waals surface area (Å²) in [6, 6.07) is 10.3. The number of hydrogen-bond acceptors (Lipinski definition) is 2. The first kappa shape index (κ1) is 13.0. The number of likely N-dealkylation sites (N-methyl/N-ethyl adjacent to an activating group) is 1. The number of hydrogen-bond donors (Lipinski definition) is 1. The van der Waals surface area contributed by atoms with Gasteiger partial charge in [0.05, 0.1) is 5.60 Å². The standard InChI is InChI=1S/C14H23NO/c1-4-14(16,5-2)12-15(6-3)13-10-8-7-9-11-13/h7-11,16H,4-6,12H2,1-3H3. The summed E-state index contributed by atoms with van der Waals surface area (Å²) in [7, 11) is 0.